The zero-order chi connectivity index (χ0) is 20.3. The van der Waals surface area contributed by atoms with Gasteiger partial charge in [-0.25, -0.2) is 0 Å². The maximum absolute atomic E-state index is 13.0. The molecule has 0 radical (unpaired) electrons. The summed E-state index contributed by atoms with van der Waals surface area (Å²) in [5.41, 5.74) is 1.31. The van der Waals surface area contributed by atoms with Gasteiger partial charge < -0.3 is 14.6 Å². The van der Waals surface area contributed by atoms with Crippen LogP contribution in [0.3, 0.4) is 0 Å². The maximum atomic E-state index is 13.0. The molecule has 0 fully saturated rings. The largest absolute Gasteiger partial charge is 0.495 e. The number of anilines is 1. The molecule has 1 aromatic heterocycles. The predicted octanol–water partition coefficient (Wildman–Crippen LogP) is 4.98. The number of ether oxygens (including phenoxy) is 1. The second-order valence-electron chi connectivity index (χ2n) is 5.59. The summed E-state index contributed by atoms with van der Waals surface area (Å²) < 4.78 is 35.6. The SMILES string of the molecule is COc1cccc(Cl)c1NCC(=O)c1ccc(-c2noc(C(F)(F)Cl)n2)cc1. The lowest BCUT2D eigenvalue weighted by molar-refractivity contribution is 0.0551. The Kier molecular flexibility index (Phi) is 5.81. The summed E-state index contributed by atoms with van der Waals surface area (Å²) in [7, 11) is 1.50. The molecule has 2 aromatic carbocycles. The summed E-state index contributed by atoms with van der Waals surface area (Å²) in [5, 5.41) is 3.09. The van der Waals surface area contributed by atoms with Crippen LogP contribution in [0, 0.1) is 0 Å². The van der Waals surface area contributed by atoms with Crippen molar-refractivity contribution in [1.29, 1.82) is 0 Å². The van der Waals surface area contributed by atoms with Gasteiger partial charge in [0.1, 0.15) is 5.75 Å². The van der Waals surface area contributed by atoms with E-state index in [1.807, 2.05) is 0 Å². The molecule has 10 heteroatoms. The van der Waals surface area contributed by atoms with E-state index in [1.165, 1.54) is 31.4 Å². The van der Waals surface area contributed by atoms with E-state index in [2.05, 4.69) is 20.0 Å². The summed E-state index contributed by atoms with van der Waals surface area (Å²) in [6.07, 6.45) is 0. The number of ketones is 1. The van der Waals surface area contributed by atoms with Crippen LogP contribution in [0.4, 0.5) is 14.5 Å². The summed E-state index contributed by atoms with van der Waals surface area (Å²) in [4.78, 5) is 15.9. The number of hydrogen-bond acceptors (Lipinski definition) is 6. The molecule has 28 heavy (non-hydrogen) atoms. The van der Waals surface area contributed by atoms with E-state index < -0.39 is 11.3 Å². The molecular formula is C18H13Cl2F2N3O3. The number of alkyl halides is 3. The Hall–Kier alpha value is -2.71. The Morgan fingerprint density at radius 1 is 1.25 bits per heavy atom. The van der Waals surface area contributed by atoms with Crippen LogP contribution >= 0.6 is 23.2 Å². The van der Waals surface area contributed by atoms with Crippen molar-refractivity contribution in [3.05, 3.63) is 58.9 Å². The summed E-state index contributed by atoms with van der Waals surface area (Å²) in [6, 6.07) is 11.2. The fourth-order valence-electron chi connectivity index (χ4n) is 2.38. The van der Waals surface area contributed by atoms with Gasteiger partial charge in [0.2, 0.25) is 5.82 Å². The standard InChI is InChI=1S/C18H13Cl2F2N3O3/c1-27-14-4-2-3-12(19)15(14)23-9-13(26)10-5-7-11(8-6-10)16-24-17(28-25-16)18(20,21)22/h2-8,23H,9H2,1H3. The third-order valence-corrected chi connectivity index (χ3v) is 4.23. The Morgan fingerprint density at radius 3 is 2.57 bits per heavy atom. The van der Waals surface area contributed by atoms with Crippen molar-refractivity contribution in [3.8, 4) is 17.1 Å². The number of methoxy groups -OCH3 is 1. The van der Waals surface area contributed by atoms with Crippen LogP contribution in [0.25, 0.3) is 11.4 Å². The summed E-state index contributed by atoms with van der Waals surface area (Å²) in [6.45, 7) is -0.0235. The molecule has 0 unspecified atom stereocenters. The van der Waals surface area contributed by atoms with E-state index >= 15 is 0 Å². The Bertz CT molecular complexity index is 988. The molecule has 0 aliphatic carbocycles. The first-order chi connectivity index (χ1) is 13.3. The third kappa shape index (κ3) is 4.40. The molecule has 0 aliphatic heterocycles. The highest BCUT2D eigenvalue weighted by atomic mass is 35.5. The highest BCUT2D eigenvalue weighted by molar-refractivity contribution is 6.33. The van der Waals surface area contributed by atoms with Crippen molar-refractivity contribution in [2.24, 2.45) is 0 Å². The number of Topliss-reactive ketones (excluding diaryl/α,β-unsaturated/α-hetero) is 1. The van der Waals surface area contributed by atoms with Gasteiger partial charge in [0.05, 0.1) is 24.4 Å². The van der Waals surface area contributed by atoms with Gasteiger partial charge in [-0.3, -0.25) is 4.79 Å². The minimum atomic E-state index is -3.74. The van der Waals surface area contributed by atoms with E-state index in [4.69, 9.17) is 27.9 Å². The van der Waals surface area contributed by atoms with Crippen molar-refractivity contribution >= 4 is 34.7 Å². The lowest BCUT2D eigenvalue weighted by Gasteiger charge is -2.12. The zero-order valence-corrected chi connectivity index (χ0v) is 15.9. The molecule has 0 spiro atoms. The van der Waals surface area contributed by atoms with Crippen molar-refractivity contribution in [2.45, 2.75) is 5.38 Å². The zero-order valence-electron chi connectivity index (χ0n) is 14.4. The molecule has 6 nitrogen and oxygen atoms in total. The summed E-state index contributed by atoms with van der Waals surface area (Å²) in [5.74, 6) is -0.760. The highest BCUT2D eigenvalue weighted by Gasteiger charge is 2.35. The van der Waals surface area contributed by atoms with Crippen molar-refractivity contribution in [2.75, 3.05) is 19.0 Å². The van der Waals surface area contributed by atoms with Gasteiger partial charge in [0.15, 0.2) is 5.78 Å². The quantitative estimate of drug-likeness (QED) is 0.423. The van der Waals surface area contributed by atoms with E-state index in [0.29, 0.717) is 27.6 Å². The van der Waals surface area contributed by atoms with Gasteiger partial charge in [-0.05, 0) is 23.7 Å². The number of hydrogen-bond donors (Lipinski definition) is 1. The van der Waals surface area contributed by atoms with Gasteiger partial charge >= 0.3 is 11.3 Å². The fraction of sp³-hybridized carbons (Fsp3) is 0.167. The number of carbonyl (C=O) groups excluding carboxylic acids is 1. The first kappa shape index (κ1) is 20.0. The predicted molar refractivity (Wildman–Crippen MR) is 100 cm³/mol. The highest BCUT2D eigenvalue weighted by Crippen LogP contribution is 2.33. The number of para-hydroxylation sites is 1. The minimum absolute atomic E-state index is 0.0235. The minimum Gasteiger partial charge on any atom is -0.495 e. The van der Waals surface area contributed by atoms with Crippen molar-refractivity contribution in [3.63, 3.8) is 0 Å². The van der Waals surface area contributed by atoms with Crippen LogP contribution in [-0.2, 0) is 5.38 Å². The third-order valence-electron chi connectivity index (χ3n) is 3.75. The smallest absolute Gasteiger partial charge is 0.400 e. The van der Waals surface area contributed by atoms with E-state index in [0.717, 1.165) is 0 Å². The van der Waals surface area contributed by atoms with Crippen molar-refractivity contribution < 1.29 is 22.8 Å². The average Bonchev–Trinajstić information content (AvgIpc) is 3.17. The van der Waals surface area contributed by atoms with Crippen molar-refractivity contribution in [1.82, 2.24) is 10.1 Å². The molecule has 1 N–H and O–H groups in total. The lowest BCUT2D eigenvalue weighted by atomic mass is 10.1. The van der Waals surface area contributed by atoms with Crippen LogP contribution in [-0.4, -0.2) is 29.6 Å². The average molecular weight is 428 g/mol. The number of nitrogens with zero attached hydrogens (tertiary/aromatic N) is 2. The van der Waals surface area contributed by atoms with Gasteiger partial charge in [0, 0.05) is 11.1 Å². The number of aromatic nitrogens is 2. The molecule has 0 saturated carbocycles. The summed E-state index contributed by atoms with van der Waals surface area (Å²) >= 11 is 11.0. The van der Waals surface area contributed by atoms with Gasteiger partial charge in [-0.1, -0.05) is 47.1 Å². The van der Waals surface area contributed by atoms with Crippen LogP contribution in [0.5, 0.6) is 5.75 Å². The molecule has 0 atom stereocenters. The molecule has 3 aromatic rings. The topological polar surface area (TPSA) is 77.2 Å². The Morgan fingerprint density at radius 2 is 1.96 bits per heavy atom. The van der Waals surface area contributed by atoms with Crippen LogP contribution < -0.4 is 10.1 Å². The van der Waals surface area contributed by atoms with E-state index in [-0.39, 0.29) is 18.2 Å². The number of rotatable bonds is 7. The molecule has 0 saturated heterocycles. The Balaban J connectivity index is 1.70. The first-order valence-electron chi connectivity index (χ1n) is 7.90. The number of halogens is 4. The molecule has 0 amide bonds. The van der Waals surface area contributed by atoms with Crippen LogP contribution in [0.2, 0.25) is 5.02 Å². The number of nitrogens with one attached hydrogen (secondary N) is 1. The van der Waals surface area contributed by atoms with E-state index in [1.54, 1.807) is 18.2 Å². The number of benzene rings is 2. The van der Waals surface area contributed by atoms with Crippen LogP contribution in [0.1, 0.15) is 16.2 Å². The second-order valence-corrected chi connectivity index (χ2v) is 6.47. The molecule has 3 rings (SSSR count). The molecule has 146 valence electrons. The molecular weight excluding hydrogens is 415 g/mol. The molecule has 0 bridgehead atoms. The van der Waals surface area contributed by atoms with E-state index in [9.17, 15) is 13.6 Å². The second kappa shape index (κ2) is 8.12. The van der Waals surface area contributed by atoms with Crippen LogP contribution in [0.15, 0.2) is 47.0 Å². The monoisotopic (exact) mass is 427 g/mol. The number of carbonyl (C=O) groups is 1. The molecule has 1 heterocycles. The fourth-order valence-corrected chi connectivity index (χ4v) is 2.69. The lowest BCUT2D eigenvalue weighted by Crippen LogP contribution is -2.14. The maximum Gasteiger partial charge on any atom is 0.400 e. The Labute approximate surface area is 168 Å². The van der Waals surface area contributed by atoms with Gasteiger partial charge in [-0.15, -0.1) is 0 Å². The molecule has 0 aliphatic rings. The van der Waals surface area contributed by atoms with Gasteiger partial charge in [0.25, 0.3) is 0 Å². The van der Waals surface area contributed by atoms with Gasteiger partial charge in [-0.2, -0.15) is 13.8 Å². The normalized spacial score (nSPS) is 11.3. The first-order valence-corrected chi connectivity index (χ1v) is 8.66.